The Labute approximate surface area is 154 Å². The second-order valence-corrected chi connectivity index (χ2v) is 6.76. The Kier molecular flexibility index (Phi) is 8.65. The fourth-order valence-electron chi connectivity index (χ4n) is 2.81. The Hall–Kier alpha value is -0.520. The zero-order valence-electron chi connectivity index (χ0n) is 13.5. The first-order valence-electron chi connectivity index (χ1n) is 7.56. The molecule has 23 heavy (non-hydrogen) atoms. The van der Waals surface area contributed by atoms with E-state index >= 15 is 0 Å². The molecular formula is C16H24Cl3N3O. The van der Waals surface area contributed by atoms with Crippen LogP contribution in [0.2, 0.25) is 10.0 Å². The summed E-state index contributed by atoms with van der Waals surface area (Å²) in [5, 5.41) is 4.48. The molecule has 0 aromatic heterocycles. The molecule has 1 aliphatic heterocycles. The number of likely N-dealkylation sites (tertiary alicyclic amines) is 1. The average molecular weight is 381 g/mol. The summed E-state index contributed by atoms with van der Waals surface area (Å²) >= 11 is 12.0. The lowest BCUT2D eigenvalue weighted by molar-refractivity contribution is -0.132. The van der Waals surface area contributed by atoms with Gasteiger partial charge < -0.3 is 10.2 Å². The lowest BCUT2D eigenvalue weighted by atomic mass is 10.1. The molecule has 1 aliphatic rings. The van der Waals surface area contributed by atoms with Crippen LogP contribution in [0.25, 0.3) is 0 Å². The molecule has 1 unspecified atom stereocenters. The number of piperidine rings is 1. The van der Waals surface area contributed by atoms with Crippen LogP contribution in [0.15, 0.2) is 18.2 Å². The summed E-state index contributed by atoms with van der Waals surface area (Å²) in [6.07, 6.45) is 2.31. The number of carbonyl (C=O) groups is 1. The molecule has 130 valence electrons. The summed E-state index contributed by atoms with van der Waals surface area (Å²) in [5.74, 6) is 0.118. The van der Waals surface area contributed by atoms with E-state index in [0.717, 1.165) is 25.1 Å². The minimum Gasteiger partial charge on any atom is -0.340 e. The van der Waals surface area contributed by atoms with E-state index in [0.29, 0.717) is 29.2 Å². The van der Waals surface area contributed by atoms with E-state index in [2.05, 4.69) is 10.2 Å². The van der Waals surface area contributed by atoms with Gasteiger partial charge in [0, 0.05) is 36.2 Å². The Bertz CT molecular complexity index is 507. The number of nitrogens with one attached hydrogen (secondary N) is 1. The Morgan fingerprint density at radius 3 is 2.61 bits per heavy atom. The third kappa shape index (κ3) is 6.48. The van der Waals surface area contributed by atoms with Gasteiger partial charge in [-0.05, 0) is 50.2 Å². The van der Waals surface area contributed by atoms with Crippen molar-refractivity contribution in [2.75, 3.05) is 33.7 Å². The van der Waals surface area contributed by atoms with E-state index in [1.54, 1.807) is 11.0 Å². The molecule has 0 radical (unpaired) electrons. The van der Waals surface area contributed by atoms with Crippen molar-refractivity contribution >= 4 is 41.5 Å². The molecule has 0 saturated carbocycles. The molecule has 4 nitrogen and oxygen atoms in total. The SMILES string of the molecule is CNC1CCCN(CC(=O)N(C)Cc2cc(Cl)cc(Cl)c2)C1.Cl. The smallest absolute Gasteiger partial charge is 0.236 e. The molecule has 0 bridgehead atoms. The Morgan fingerprint density at radius 2 is 2.00 bits per heavy atom. The van der Waals surface area contributed by atoms with Crippen LogP contribution in [0.3, 0.4) is 0 Å². The zero-order chi connectivity index (χ0) is 16.1. The molecule has 0 spiro atoms. The number of nitrogens with zero attached hydrogens (tertiary/aromatic N) is 2. The number of halogens is 3. The maximum Gasteiger partial charge on any atom is 0.236 e. The molecule has 1 N–H and O–H groups in total. The van der Waals surface area contributed by atoms with Crippen LogP contribution in [-0.2, 0) is 11.3 Å². The fourth-order valence-corrected chi connectivity index (χ4v) is 3.38. The second-order valence-electron chi connectivity index (χ2n) is 5.89. The predicted octanol–water partition coefficient (Wildman–Crippen LogP) is 3.06. The highest BCUT2D eigenvalue weighted by molar-refractivity contribution is 6.34. The van der Waals surface area contributed by atoms with Gasteiger partial charge in [0.05, 0.1) is 6.54 Å². The minimum atomic E-state index is 0. The molecule has 0 aliphatic carbocycles. The number of benzene rings is 1. The molecule has 7 heteroatoms. The van der Waals surface area contributed by atoms with E-state index in [4.69, 9.17) is 23.2 Å². The standard InChI is InChI=1S/C16H23Cl2N3O.ClH/c1-19-15-4-3-5-21(10-15)11-16(22)20(2)9-12-6-13(17)8-14(18)7-12;/h6-8,15,19H,3-5,9-11H2,1-2H3;1H. The molecule has 1 heterocycles. The predicted molar refractivity (Wildman–Crippen MR) is 98.7 cm³/mol. The van der Waals surface area contributed by atoms with Gasteiger partial charge in [-0.15, -0.1) is 12.4 Å². The lowest BCUT2D eigenvalue weighted by Crippen LogP contribution is -2.48. The van der Waals surface area contributed by atoms with E-state index in [1.165, 1.54) is 6.42 Å². The highest BCUT2D eigenvalue weighted by Crippen LogP contribution is 2.20. The topological polar surface area (TPSA) is 35.6 Å². The number of likely N-dealkylation sites (N-methyl/N-ethyl adjacent to an activating group) is 2. The van der Waals surface area contributed by atoms with Crippen LogP contribution in [0, 0.1) is 0 Å². The van der Waals surface area contributed by atoms with Crippen LogP contribution in [0.4, 0.5) is 0 Å². The quantitative estimate of drug-likeness (QED) is 0.853. The maximum absolute atomic E-state index is 12.4. The number of rotatable bonds is 5. The van der Waals surface area contributed by atoms with E-state index < -0.39 is 0 Å². The van der Waals surface area contributed by atoms with Gasteiger partial charge in [-0.1, -0.05) is 23.2 Å². The molecule has 1 amide bonds. The Morgan fingerprint density at radius 1 is 1.35 bits per heavy atom. The molecule has 1 atom stereocenters. The molecule has 1 aromatic carbocycles. The molecule has 1 fully saturated rings. The van der Waals surface area contributed by atoms with Gasteiger partial charge in [0.1, 0.15) is 0 Å². The highest BCUT2D eigenvalue weighted by Gasteiger charge is 2.21. The van der Waals surface area contributed by atoms with Crippen molar-refractivity contribution in [1.29, 1.82) is 0 Å². The van der Waals surface area contributed by atoms with Crippen LogP contribution < -0.4 is 5.32 Å². The van der Waals surface area contributed by atoms with Crippen LogP contribution in [0.1, 0.15) is 18.4 Å². The number of amides is 1. The molecular weight excluding hydrogens is 357 g/mol. The van der Waals surface area contributed by atoms with Gasteiger partial charge in [0.25, 0.3) is 0 Å². The average Bonchev–Trinajstić information content (AvgIpc) is 2.46. The summed E-state index contributed by atoms with van der Waals surface area (Å²) in [4.78, 5) is 16.3. The van der Waals surface area contributed by atoms with Gasteiger partial charge in [0.2, 0.25) is 5.91 Å². The maximum atomic E-state index is 12.4. The van der Waals surface area contributed by atoms with E-state index in [1.807, 2.05) is 26.2 Å². The van der Waals surface area contributed by atoms with Crippen molar-refractivity contribution in [1.82, 2.24) is 15.1 Å². The van der Waals surface area contributed by atoms with Crippen LogP contribution >= 0.6 is 35.6 Å². The number of hydrogen-bond acceptors (Lipinski definition) is 3. The molecule has 1 aromatic rings. The van der Waals surface area contributed by atoms with Crippen molar-refractivity contribution in [2.45, 2.75) is 25.4 Å². The van der Waals surface area contributed by atoms with Crippen LogP contribution in [0.5, 0.6) is 0 Å². The summed E-state index contributed by atoms with van der Waals surface area (Å²) < 4.78 is 0. The fraction of sp³-hybridized carbons (Fsp3) is 0.562. The van der Waals surface area contributed by atoms with Crippen molar-refractivity contribution in [3.05, 3.63) is 33.8 Å². The van der Waals surface area contributed by atoms with Crippen molar-refractivity contribution in [3.8, 4) is 0 Å². The third-order valence-electron chi connectivity index (χ3n) is 4.04. The first kappa shape index (κ1) is 20.5. The largest absolute Gasteiger partial charge is 0.340 e. The first-order chi connectivity index (χ1) is 10.5. The van der Waals surface area contributed by atoms with Crippen molar-refractivity contribution < 1.29 is 4.79 Å². The minimum absolute atomic E-state index is 0. The summed E-state index contributed by atoms with van der Waals surface area (Å²) in [7, 11) is 3.79. The first-order valence-corrected chi connectivity index (χ1v) is 8.32. The normalized spacial score (nSPS) is 18.3. The number of hydrogen-bond donors (Lipinski definition) is 1. The molecule has 2 rings (SSSR count). The van der Waals surface area contributed by atoms with Gasteiger partial charge in [-0.3, -0.25) is 9.69 Å². The van der Waals surface area contributed by atoms with Gasteiger partial charge in [-0.2, -0.15) is 0 Å². The molecule has 1 saturated heterocycles. The zero-order valence-corrected chi connectivity index (χ0v) is 15.8. The van der Waals surface area contributed by atoms with E-state index in [9.17, 15) is 4.79 Å². The summed E-state index contributed by atoms with van der Waals surface area (Å²) in [6.45, 7) is 2.89. The second kappa shape index (κ2) is 9.70. The van der Waals surface area contributed by atoms with Gasteiger partial charge in [0.15, 0.2) is 0 Å². The van der Waals surface area contributed by atoms with Gasteiger partial charge >= 0.3 is 0 Å². The van der Waals surface area contributed by atoms with Crippen molar-refractivity contribution in [3.63, 3.8) is 0 Å². The van der Waals surface area contributed by atoms with Gasteiger partial charge in [-0.25, -0.2) is 0 Å². The van der Waals surface area contributed by atoms with Crippen LogP contribution in [-0.4, -0.2) is 55.5 Å². The monoisotopic (exact) mass is 379 g/mol. The lowest BCUT2D eigenvalue weighted by Gasteiger charge is -2.33. The summed E-state index contributed by atoms with van der Waals surface area (Å²) in [5.41, 5.74) is 0.945. The van der Waals surface area contributed by atoms with Crippen molar-refractivity contribution in [2.24, 2.45) is 0 Å². The summed E-state index contributed by atoms with van der Waals surface area (Å²) in [6, 6.07) is 5.86. The number of carbonyl (C=O) groups excluding carboxylic acids is 1. The van der Waals surface area contributed by atoms with E-state index in [-0.39, 0.29) is 18.3 Å². The third-order valence-corrected chi connectivity index (χ3v) is 4.48. The highest BCUT2D eigenvalue weighted by atomic mass is 35.5. The Balaban J connectivity index is 0.00000264.